The van der Waals surface area contributed by atoms with Crippen molar-refractivity contribution in [2.45, 2.75) is 18.9 Å². The minimum Gasteiger partial charge on any atom is -0.367 e. The van der Waals surface area contributed by atoms with E-state index in [9.17, 15) is 0 Å². The van der Waals surface area contributed by atoms with E-state index in [1.807, 2.05) is 0 Å². The van der Waals surface area contributed by atoms with Gasteiger partial charge in [-0.15, -0.1) is 0 Å². The van der Waals surface area contributed by atoms with E-state index >= 15 is 0 Å². The number of hydrazine groups is 1. The molecule has 0 radical (unpaired) electrons. The zero-order chi connectivity index (χ0) is 10.3. The second-order valence-corrected chi connectivity index (χ2v) is 3.59. The Morgan fingerprint density at radius 1 is 1.40 bits per heavy atom. The number of nitrogens with one attached hydrogen (secondary N) is 3. The van der Waals surface area contributed by atoms with Crippen LogP contribution in [0.5, 0.6) is 0 Å². The lowest BCUT2D eigenvalue weighted by Crippen LogP contribution is -2.12. The molecule has 1 fully saturated rings. The Labute approximate surface area is 85.4 Å². The Morgan fingerprint density at radius 3 is 3.00 bits per heavy atom. The Balaban J connectivity index is 2.09. The Morgan fingerprint density at radius 2 is 2.27 bits per heavy atom. The summed E-state index contributed by atoms with van der Waals surface area (Å²) in [6, 6.07) is 0.531. The third-order valence-corrected chi connectivity index (χ3v) is 2.36. The van der Waals surface area contributed by atoms with E-state index in [-0.39, 0.29) is 0 Å². The lowest BCUT2D eigenvalue weighted by atomic mass is 10.4. The summed E-state index contributed by atoms with van der Waals surface area (Å²) in [6.07, 6.45) is 4.09. The summed E-state index contributed by atoms with van der Waals surface area (Å²) in [5.74, 6) is 6.45. The molecule has 0 atom stereocenters. The van der Waals surface area contributed by atoms with Crippen LogP contribution >= 0.6 is 0 Å². The molecule has 0 bridgehead atoms. The number of H-pyrrole nitrogens is 1. The highest BCUT2D eigenvalue weighted by molar-refractivity contribution is 5.87. The minimum atomic E-state index is 0.384. The standard InChI is InChI=1S/C8H11N7/c9-14-8-12-6(11-4-1-2-4)5-3-10-15-7(5)13-8/h3-4H,1-2,9H2,(H3,10,11,12,13,14,15). The van der Waals surface area contributed by atoms with Crippen LogP contribution in [0.25, 0.3) is 11.0 Å². The maximum Gasteiger partial charge on any atom is 0.241 e. The molecule has 0 unspecified atom stereocenters. The molecular formula is C8H11N7. The molecule has 2 aromatic rings. The summed E-state index contributed by atoms with van der Waals surface area (Å²) in [5, 5.41) is 10.9. The Bertz CT molecular complexity index is 487. The van der Waals surface area contributed by atoms with Crippen LogP contribution in [-0.2, 0) is 0 Å². The molecule has 5 N–H and O–H groups in total. The summed E-state index contributed by atoms with van der Waals surface area (Å²) in [6.45, 7) is 0. The molecule has 2 heterocycles. The number of anilines is 2. The molecule has 7 nitrogen and oxygen atoms in total. The summed E-state index contributed by atoms with van der Waals surface area (Å²) in [7, 11) is 0. The molecule has 0 saturated heterocycles. The molecule has 1 aliphatic rings. The molecule has 1 saturated carbocycles. The molecular weight excluding hydrogens is 194 g/mol. The highest BCUT2D eigenvalue weighted by Crippen LogP contribution is 2.27. The lowest BCUT2D eigenvalue weighted by molar-refractivity contribution is 1.07. The summed E-state index contributed by atoms with van der Waals surface area (Å²) in [5.41, 5.74) is 3.11. The quantitative estimate of drug-likeness (QED) is 0.422. The smallest absolute Gasteiger partial charge is 0.241 e. The van der Waals surface area contributed by atoms with Crippen LogP contribution in [0.2, 0.25) is 0 Å². The van der Waals surface area contributed by atoms with Crippen molar-refractivity contribution in [3.63, 3.8) is 0 Å². The molecule has 3 rings (SSSR count). The predicted molar refractivity (Wildman–Crippen MR) is 56.1 cm³/mol. The Hall–Kier alpha value is -1.89. The summed E-state index contributed by atoms with van der Waals surface area (Å²) in [4.78, 5) is 8.39. The molecule has 2 aromatic heterocycles. The topological polar surface area (TPSA) is 105 Å². The molecule has 0 amide bonds. The van der Waals surface area contributed by atoms with Crippen molar-refractivity contribution in [1.29, 1.82) is 0 Å². The van der Waals surface area contributed by atoms with Gasteiger partial charge in [0.2, 0.25) is 5.95 Å². The van der Waals surface area contributed by atoms with Crippen LogP contribution in [0.3, 0.4) is 0 Å². The number of rotatable bonds is 3. The van der Waals surface area contributed by atoms with Crippen LogP contribution in [-0.4, -0.2) is 26.2 Å². The molecule has 0 aromatic carbocycles. The van der Waals surface area contributed by atoms with E-state index in [1.165, 1.54) is 12.8 Å². The van der Waals surface area contributed by atoms with Gasteiger partial charge in [-0.2, -0.15) is 15.1 Å². The third-order valence-electron chi connectivity index (χ3n) is 2.36. The van der Waals surface area contributed by atoms with Crippen LogP contribution < -0.4 is 16.6 Å². The highest BCUT2D eigenvalue weighted by Gasteiger charge is 2.23. The van der Waals surface area contributed by atoms with Crippen LogP contribution in [0.4, 0.5) is 11.8 Å². The van der Waals surface area contributed by atoms with E-state index in [1.54, 1.807) is 6.20 Å². The first-order valence-corrected chi connectivity index (χ1v) is 4.81. The first-order chi connectivity index (χ1) is 7.36. The zero-order valence-electron chi connectivity index (χ0n) is 7.99. The van der Waals surface area contributed by atoms with E-state index in [0.29, 0.717) is 17.6 Å². The number of aromatic nitrogens is 4. The lowest BCUT2D eigenvalue weighted by Gasteiger charge is -2.06. The minimum absolute atomic E-state index is 0.384. The first kappa shape index (κ1) is 8.42. The van der Waals surface area contributed by atoms with Gasteiger partial charge in [-0.1, -0.05) is 0 Å². The van der Waals surface area contributed by atoms with Gasteiger partial charge in [-0.3, -0.25) is 10.5 Å². The average molecular weight is 205 g/mol. The highest BCUT2D eigenvalue weighted by atomic mass is 15.3. The van der Waals surface area contributed by atoms with Gasteiger partial charge in [0.1, 0.15) is 5.82 Å². The number of hydrogen-bond acceptors (Lipinski definition) is 6. The van der Waals surface area contributed by atoms with Gasteiger partial charge in [0.05, 0.1) is 11.6 Å². The van der Waals surface area contributed by atoms with Gasteiger partial charge >= 0.3 is 0 Å². The molecule has 7 heteroatoms. The van der Waals surface area contributed by atoms with Crippen molar-refractivity contribution >= 4 is 22.8 Å². The Kier molecular flexibility index (Phi) is 1.72. The molecule has 0 spiro atoms. The predicted octanol–water partition coefficient (Wildman–Crippen LogP) is 0.213. The normalized spacial score (nSPS) is 15.5. The van der Waals surface area contributed by atoms with Crippen molar-refractivity contribution in [3.8, 4) is 0 Å². The van der Waals surface area contributed by atoms with Crippen molar-refractivity contribution in [2.24, 2.45) is 5.84 Å². The second-order valence-electron chi connectivity index (χ2n) is 3.59. The third kappa shape index (κ3) is 1.46. The van der Waals surface area contributed by atoms with Crippen molar-refractivity contribution < 1.29 is 0 Å². The molecule has 78 valence electrons. The van der Waals surface area contributed by atoms with Gasteiger partial charge in [0.15, 0.2) is 5.65 Å². The first-order valence-electron chi connectivity index (χ1n) is 4.81. The number of nitrogen functional groups attached to an aromatic ring is 1. The largest absolute Gasteiger partial charge is 0.367 e. The van der Waals surface area contributed by atoms with E-state index in [0.717, 1.165) is 11.2 Å². The maximum absolute atomic E-state index is 5.29. The summed E-state index contributed by atoms with van der Waals surface area (Å²) < 4.78 is 0. The fraction of sp³-hybridized carbons (Fsp3) is 0.375. The second kappa shape index (κ2) is 3.06. The fourth-order valence-corrected chi connectivity index (χ4v) is 1.43. The van der Waals surface area contributed by atoms with Gasteiger partial charge in [0, 0.05) is 6.04 Å². The number of hydrogen-bond donors (Lipinski definition) is 4. The van der Waals surface area contributed by atoms with Crippen LogP contribution in [0.1, 0.15) is 12.8 Å². The van der Waals surface area contributed by atoms with Crippen molar-refractivity contribution in [3.05, 3.63) is 6.20 Å². The van der Waals surface area contributed by atoms with Crippen LogP contribution in [0.15, 0.2) is 6.20 Å². The molecule has 1 aliphatic carbocycles. The number of aromatic amines is 1. The van der Waals surface area contributed by atoms with Gasteiger partial charge in [-0.25, -0.2) is 5.84 Å². The maximum atomic E-state index is 5.29. The number of fused-ring (bicyclic) bond motifs is 1. The fourth-order valence-electron chi connectivity index (χ4n) is 1.43. The zero-order valence-corrected chi connectivity index (χ0v) is 7.99. The van der Waals surface area contributed by atoms with Gasteiger partial charge in [-0.05, 0) is 12.8 Å². The van der Waals surface area contributed by atoms with Gasteiger partial charge < -0.3 is 5.32 Å². The van der Waals surface area contributed by atoms with E-state index in [4.69, 9.17) is 5.84 Å². The van der Waals surface area contributed by atoms with Crippen molar-refractivity contribution in [2.75, 3.05) is 10.7 Å². The van der Waals surface area contributed by atoms with Gasteiger partial charge in [0.25, 0.3) is 0 Å². The summed E-state index contributed by atoms with van der Waals surface area (Å²) >= 11 is 0. The number of nitrogens with two attached hydrogens (primary N) is 1. The molecule has 15 heavy (non-hydrogen) atoms. The SMILES string of the molecule is NNc1nc(NC2CC2)c2cn[nH]c2n1. The van der Waals surface area contributed by atoms with E-state index in [2.05, 4.69) is 30.9 Å². The molecule has 0 aliphatic heterocycles. The van der Waals surface area contributed by atoms with E-state index < -0.39 is 0 Å². The van der Waals surface area contributed by atoms with Crippen LogP contribution in [0, 0.1) is 0 Å². The average Bonchev–Trinajstić information content (AvgIpc) is 2.93. The number of nitrogens with zero attached hydrogens (tertiary/aromatic N) is 3. The van der Waals surface area contributed by atoms with Crippen molar-refractivity contribution in [1.82, 2.24) is 20.2 Å². The monoisotopic (exact) mass is 205 g/mol.